The zero-order valence-corrected chi connectivity index (χ0v) is 20.4. The normalized spacial score (nSPS) is 23.0. The van der Waals surface area contributed by atoms with Crippen LogP contribution in [-0.4, -0.2) is 30.0 Å². The quantitative estimate of drug-likeness (QED) is 0.593. The summed E-state index contributed by atoms with van der Waals surface area (Å²) in [7, 11) is 1.65. The first-order valence-corrected chi connectivity index (χ1v) is 12.5. The SMILES string of the molecule is COc1ccc([C@@H]2CC(=O)C3=C(C2)NC(C)=C(C(=O)OC2CCCCC2)[C@@H]3c2ccncc2)cc1. The highest BCUT2D eigenvalue weighted by Crippen LogP contribution is 2.46. The average Bonchev–Trinajstić information content (AvgIpc) is 2.88. The summed E-state index contributed by atoms with van der Waals surface area (Å²) in [5.74, 6) is 0.164. The van der Waals surface area contributed by atoms with E-state index in [0.717, 1.165) is 54.0 Å². The maximum atomic E-state index is 13.7. The molecular formula is C29H32N2O4. The van der Waals surface area contributed by atoms with Gasteiger partial charge in [0.1, 0.15) is 11.9 Å². The third-order valence-corrected chi connectivity index (χ3v) is 7.50. The van der Waals surface area contributed by atoms with Crippen molar-refractivity contribution in [2.45, 2.75) is 69.8 Å². The number of aromatic nitrogens is 1. The fraction of sp³-hybridized carbons (Fsp3) is 0.414. The molecule has 0 amide bonds. The maximum Gasteiger partial charge on any atom is 0.337 e. The number of nitrogens with zero attached hydrogens (tertiary/aromatic N) is 1. The summed E-state index contributed by atoms with van der Waals surface area (Å²) in [6.07, 6.45) is 9.66. The van der Waals surface area contributed by atoms with Gasteiger partial charge in [0.25, 0.3) is 0 Å². The number of ketones is 1. The number of allylic oxidation sites excluding steroid dienone is 3. The van der Waals surface area contributed by atoms with Crippen molar-refractivity contribution in [2.75, 3.05) is 7.11 Å². The van der Waals surface area contributed by atoms with E-state index in [2.05, 4.69) is 10.3 Å². The van der Waals surface area contributed by atoms with E-state index in [1.807, 2.05) is 43.3 Å². The van der Waals surface area contributed by atoms with E-state index in [1.54, 1.807) is 19.5 Å². The van der Waals surface area contributed by atoms with Crippen LogP contribution >= 0.6 is 0 Å². The lowest BCUT2D eigenvalue weighted by molar-refractivity contribution is -0.146. The number of carbonyl (C=O) groups excluding carboxylic acids is 2. The number of esters is 1. The molecule has 2 aliphatic carbocycles. The average molecular weight is 473 g/mol. The number of pyridine rings is 1. The van der Waals surface area contributed by atoms with Crippen molar-refractivity contribution in [3.63, 3.8) is 0 Å². The minimum atomic E-state index is -0.449. The van der Waals surface area contributed by atoms with Crippen LogP contribution in [0, 0.1) is 0 Å². The van der Waals surface area contributed by atoms with Crippen LogP contribution in [0.3, 0.4) is 0 Å². The van der Waals surface area contributed by atoms with Crippen molar-refractivity contribution in [2.24, 2.45) is 0 Å². The van der Waals surface area contributed by atoms with Crippen molar-refractivity contribution < 1.29 is 19.1 Å². The standard InChI is InChI=1S/C29H32N2O4/c1-18-26(29(33)35-23-6-4-3-5-7-23)27(20-12-14-30-15-13-20)28-24(31-18)16-21(17-25(28)32)19-8-10-22(34-2)11-9-19/h8-15,21,23,27,31H,3-7,16-17H2,1-2H3/t21-,27-/m0/s1. The Morgan fingerprint density at radius 1 is 0.971 bits per heavy atom. The van der Waals surface area contributed by atoms with E-state index in [4.69, 9.17) is 9.47 Å². The molecule has 3 aliphatic rings. The fourth-order valence-electron chi connectivity index (χ4n) is 5.71. The first-order chi connectivity index (χ1) is 17.0. The monoisotopic (exact) mass is 472 g/mol. The third-order valence-electron chi connectivity index (χ3n) is 7.50. The summed E-state index contributed by atoms with van der Waals surface area (Å²) in [5.41, 5.74) is 4.88. The fourth-order valence-corrected chi connectivity index (χ4v) is 5.71. The highest BCUT2D eigenvalue weighted by Gasteiger charge is 2.41. The molecule has 182 valence electrons. The van der Waals surface area contributed by atoms with E-state index < -0.39 is 5.92 Å². The second-order valence-corrected chi connectivity index (χ2v) is 9.74. The second kappa shape index (κ2) is 10.1. The lowest BCUT2D eigenvalue weighted by atomic mass is 9.72. The summed E-state index contributed by atoms with van der Waals surface area (Å²) in [5, 5.41) is 3.44. The molecule has 0 bridgehead atoms. The first kappa shape index (κ1) is 23.3. The molecule has 1 aliphatic heterocycles. The number of ether oxygens (including phenoxy) is 2. The van der Waals surface area contributed by atoms with E-state index >= 15 is 0 Å². The zero-order valence-electron chi connectivity index (χ0n) is 20.4. The van der Waals surface area contributed by atoms with Gasteiger partial charge in [0.05, 0.1) is 12.7 Å². The molecule has 0 spiro atoms. The zero-order chi connectivity index (χ0) is 24.4. The van der Waals surface area contributed by atoms with Gasteiger partial charge >= 0.3 is 5.97 Å². The lowest BCUT2D eigenvalue weighted by Crippen LogP contribution is -2.37. The Kier molecular flexibility index (Phi) is 6.71. The van der Waals surface area contributed by atoms with Crippen molar-refractivity contribution in [1.82, 2.24) is 10.3 Å². The van der Waals surface area contributed by atoms with Gasteiger partial charge in [-0.3, -0.25) is 9.78 Å². The molecule has 2 aromatic rings. The van der Waals surface area contributed by atoms with E-state index in [1.165, 1.54) is 6.42 Å². The molecule has 6 nitrogen and oxygen atoms in total. The largest absolute Gasteiger partial charge is 0.497 e. The van der Waals surface area contributed by atoms with E-state index in [9.17, 15) is 9.59 Å². The van der Waals surface area contributed by atoms with Crippen LogP contribution in [0.5, 0.6) is 5.75 Å². The molecule has 0 saturated heterocycles. The van der Waals surface area contributed by atoms with Crippen LogP contribution < -0.4 is 10.1 Å². The summed E-state index contributed by atoms with van der Waals surface area (Å²) in [6.45, 7) is 1.91. The highest BCUT2D eigenvalue weighted by molar-refractivity contribution is 6.04. The maximum absolute atomic E-state index is 13.7. The molecule has 0 unspecified atom stereocenters. The summed E-state index contributed by atoms with van der Waals surface area (Å²) in [4.78, 5) is 31.3. The van der Waals surface area contributed by atoms with Crippen LogP contribution in [-0.2, 0) is 14.3 Å². The summed E-state index contributed by atoms with van der Waals surface area (Å²) in [6, 6.07) is 11.7. The molecular weight excluding hydrogens is 440 g/mol. The van der Waals surface area contributed by atoms with Gasteiger partial charge in [0, 0.05) is 41.7 Å². The molecule has 1 saturated carbocycles. The predicted octanol–water partition coefficient (Wildman–Crippen LogP) is 5.33. The van der Waals surface area contributed by atoms with Crippen molar-refractivity contribution >= 4 is 11.8 Å². The molecule has 6 heteroatoms. The molecule has 35 heavy (non-hydrogen) atoms. The molecule has 1 N–H and O–H groups in total. The molecule has 1 fully saturated rings. The number of carbonyl (C=O) groups is 2. The Morgan fingerprint density at radius 2 is 1.69 bits per heavy atom. The highest BCUT2D eigenvalue weighted by atomic mass is 16.5. The molecule has 2 heterocycles. The van der Waals surface area contributed by atoms with E-state index in [0.29, 0.717) is 24.0 Å². The van der Waals surface area contributed by atoms with Crippen LogP contribution in [0.4, 0.5) is 0 Å². The van der Waals surface area contributed by atoms with Gasteiger partial charge in [-0.1, -0.05) is 18.6 Å². The number of methoxy groups -OCH3 is 1. The number of hydrogen-bond acceptors (Lipinski definition) is 6. The number of hydrogen-bond donors (Lipinski definition) is 1. The number of rotatable bonds is 5. The van der Waals surface area contributed by atoms with Gasteiger partial charge in [-0.2, -0.15) is 0 Å². The topological polar surface area (TPSA) is 77.5 Å². The first-order valence-electron chi connectivity index (χ1n) is 12.5. The number of nitrogens with one attached hydrogen (secondary N) is 1. The molecule has 0 radical (unpaired) electrons. The lowest BCUT2D eigenvalue weighted by Gasteiger charge is -2.37. The summed E-state index contributed by atoms with van der Waals surface area (Å²) < 4.78 is 11.3. The number of benzene rings is 1. The van der Waals surface area contributed by atoms with Gasteiger partial charge in [-0.15, -0.1) is 0 Å². The number of dihydropyridines is 1. The van der Waals surface area contributed by atoms with Crippen molar-refractivity contribution in [3.05, 3.63) is 82.5 Å². The summed E-state index contributed by atoms with van der Waals surface area (Å²) >= 11 is 0. The minimum absolute atomic E-state index is 0.0495. The predicted molar refractivity (Wildman–Crippen MR) is 133 cm³/mol. The Morgan fingerprint density at radius 3 is 2.37 bits per heavy atom. The molecule has 5 rings (SSSR count). The van der Waals surface area contributed by atoms with Crippen LogP contribution in [0.25, 0.3) is 0 Å². The molecule has 2 atom stereocenters. The smallest absolute Gasteiger partial charge is 0.337 e. The number of Topliss-reactive ketones (excluding diaryl/α,β-unsaturated/α-hetero) is 1. The van der Waals surface area contributed by atoms with Crippen molar-refractivity contribution in [1.29, 1.82) is 0 Å². The van der Waals surface area contributed by atoms with E-state index in [-0.39, 0.29) is 23.8 Å². The Labute approximate surface area is 206 Å². The second-order valence-electron chi connectivity index (χ2n) is 9.74. The van der Waals surface area contributed by atoms with Gasteiger partial charge in [0.2, 0.25) is 0 Å². The Bertz CT molecular complexity index is 1160. The molecule has 1 aromatic carbocycles. The van der Waals surface area contributed by atoms with Gasteiger partial charge in [0.15, 0.2) is 5.78 Å². The van der Waals surface area contributed by atoms with Gasteiger partial charge < -0.3 is 14.8 Å². The third kappa shape index (κ3) is 4.75. The van der Waals surface area contributed by atoms with Gasteiger partial charge in [-0.25, -0.2) is 4.79 Å². The minimum Gasteiger partial charge on any atom is -0.497 e. The van der Waals surface area contributed by atoms with Crippen LogP contribution in [0.15, 0.2) is 71.3 Å². The van der Waals surface area contributed by atoms with Crippen LogP contribution in [0.1, 0.15) is 74.8 Å². The van der Waals surface area contributed by atoms with Gasteiger partial charge in [-0.05, 0) is 80.3 Å². The molecule has 1 aromatic heterocycles. The Balaban J connectivity index is 1.49. The van der Waals surface area contributed by atoms with Crippen LogP contribution in [0.2, 0.25) is 0 Å². The van der Waals surface area contributed by atoms with Crippen molar-refractivity contribution in [3.8, 4) is 5.75 Å². The Hall–Kier alpha value is -3.41.